The average Bonchev–Trinajstić information content (AvgIpc) is 3.14. The first-order valence-corrected chi connectivity index (χ1v) is 21.2. The van der Waals surface area contributed by atoms with E-state index in [1.165, 1.54) is 116 Å². The number of aliphatic hydroxyl groups is 4. The largest absolute Gasteiger partial charge is 0.462 e. The third-order valence-corrected chi connectivity index (χ3v) is 10.0. The zero-order valence-corrected chi connectivity index (χ0v) is 32.9. The summed E-state index contributed by atoms with van der Waals surface area (Å²) < 4.78 is 22.1. The van der Waals surface area contributed by atoms with Crippen LogP contribution in [0.15, 0.2) is 12.7 Å². The van der Waals surface area contributed by atoms with Crippen molar-refractivity contribution < 1.29 is 49.0 Å². The number of hydrogen-bond acceptors (Lipinski definition) is 10. The van der Waals surface area contributed by atoms with E-state index in [0.29, 0.717) is 6.42 Å². The standard InChI is InChI=1S/C42H78O10/c1-3-5-7-9-11-13-15-17-18-19-21-22-24-26-28-30-37(44)49-33-35(34-50-42-41(48)40(47)39(46)36(32-43)52-42)51-38(45)31-29-27-25-23-20-16-14-12-10-8-6-4-2/h3,35-36,39-43,46-48H,1,4-34H2,2H3/t35-,36-,39+,40?,41?,42-/m0/s1. The highest BCUT2D eigenvalue weighted by Crippen LogP contribution is 2.23. The minimum absolute atomic E-state index is 0.213. The molecule has 10 heteroatoms. The molecule has 0 spiro atoms. The molecule has 1 fully saturated rings. The Kier molecular flexibility index (Phi) is 31.7. The highest BCUT2D eigenvalue weighted by atomic mass is 16.7. The summed E-state index contributed by atoms with van der Waals surface area (Å²) in [4.78, 5) is 25.2. The van der Waals surface area contributed by atoms with Crippen molar-refractivity contribution in [1.82, 2.24) is 0 Å². The number of esters is 2. The van der Waals surface area contributed by atoms with Crippen LogP contribution in [-0.2, 0) is 28.5 Å². The minimum Gasteiger partial charge on any atom is -0.462 e. The van der Waals surface area contributed by atoms with Gasteiger partial charge in [0.05, 0.1) is 13.2 Å². The Bertz CT molecular complexity index is 853. The molecule has 4 N–H and O–H groups in total. The maximum absolute atomic E-state index is 12.7. The van der Waals surface area contributed by atoms with Crippen LogP contribution in [0.3, 0.4) is 0 Å². The van der Waals surface area contributed by atoms with E-state index in [0.717, 1.165) is 44.9 Å². The second-order valence-corrected chi connectivity index (χ2v) is 14.9. The monoisotopic (exact) mass is 743 g/mol. The fraction of sp³-hybridized carbons (Fsp3) is 0.905. The van der Waals surface area contributed by atoms with Gasteiger partial charge in [-0.3, -0.25) is 9.59 Å². The van der Waals surface area contributed by atoms with Gasteiger partial charge in [0, 0.05) is 12.8 Å². The third-order valence-electron chi connectivity index (χ3n) is 10.0. The fourth-order valence-corrected chi connectivity index (χ4v) is 6.64. The van der Waals surface area contributed by atoms with Crippen molar-refractivity contribution in [3.05, 3.63) is 12.7 Å². The van der Waals surface area contributed by atoms with Gasteiger partial charge in [-0.25, -0.2) is 0 Å². The van der Waals surface area contributed by atoms with Gasteiger partial charge in [-0.1, -0.05) is 154 Å². The van der Waals surface area contributed by atoms with Gasteiger partial charge in [0.1, 0.15) is 31.0 Å². The molecule has 6 atom stereocenters. The van der Waals surface area contributed by atoms with E-state index in [2.05, 4.69) is 13.5 Å². The van der Waals surface area contributed by atoms with Crippen LogP contribution in [0.25, 0.3) is 0 Å². The van der Waals surface area contributed by atoms with Crippen LogP contribution in [0.1, 0.15) is 187 Å². The van der Waals surface area contributed by atoms with E-state index in [1.54, 1.807) is 0 Å². The Morgan fingerprint density at radius 2 is 1.06 bits per heavy atom. The molecule has 306 valence electrons. The predicted molar refractivity (Wildman–Crippen MR) is 206 cm³/mol. The zero-order chi connectivity index (χ0) is 38.1. The van der Waals surface area contributed by atoms with Gasteiger partial charge in [-0.2, -0.15) is 0 Å². The lowest BCUT2D eigenvalue weighted by atomic mass is 9.99. The number of allylic oxidation sites excluding steroid dienone is 1. The molecule has 2 unspecified atom stereocenters. The summed E-state index contributed by atoms with van der Waals surface area (Å²) in [6, 6.07) is 0. The van der Waals surface area contributed by atoms with E-state index in [4.69, 9.17) is 18.9 Å². The molecule has 1 rings (SSSR count). The van der Waals surface area contributed by atoms with Crippen LogP contribution >= 0.6 is 0 Å². The molecule has 52 heavy (non-hydrogen) atoms. The molecule has 0 saturated carbocycles. The zero-order valence-electron chi connectivity index (χ0n) is 32.9. The molecule has 0 bridgehead atoms. The van der Waals surface area contributed by atoms with Crippen LogP contribution in [-0.4, -0.2) is 89.0 Å². The SMILES string of the molecule is C=CCCCCCCCCCCCCCCCC(=O)OC[C@@H](CO[C@H]1O[C@@H](CO)[C@@H](O)C(O)C1O)OC(=O)CCCCCCCCCCCCCC. The van der Waals surface area contributed by atoms with E-state index in [9.17, 15) is 30.0 Å². The van der Waals surface area contributed by atoms with Crippen molar-refractivity contribution in [3.8, 4) is 0 Å². The summed E-state index contributed by atoms with van der Waals surface area (Å²) >= 11 is 0. The number of carbonyl (C=O) groups excluding carboxylic acids is 2. The third kappa shape index (κ3) is 25.5. The van der Waals surface area contributed by atoms with Crippen molar-refractivity contribution in [2.24, 2.45) is 0 Å². The van der Waals surface area contributed by atoms with Gasteiger partial charge >= 0.3 is 11.9 Å². The van der Waals surface area contributed by atoms with Gasteiger partial charge < -0.3 is 39.4 Å². The van der Waals surface area contributed by atoms with E-state index >= 15 is 0 Å². The molecule has 1 heterocycles. The summed E-state index contributed by atoms with van der Waals surface area (Å²) in [7, 11) is 0. The highest BCUT2D eigenvalue weighted by Gasteiger charge is 2.44. The van der Waals surface area contributed by atoms with Gasteiger partial charge in [0.15, 0.2) is 12.4 Å². The Hall–Kier alpha value is -1.56. The molecule has 0 aromatic heterocycles. The smallest absolute Gasteiger partial charge is 0.306 e. The fourth-order valence-electron chi connectivity index (χ4n) is 6.64. The Morgan fingerprint density at radius 1 is 0.615 bits per heavy atom. The molecule has 1 aliphatic rings. The Morgan fingerprint density at radius 3 is 1.52 bits per heavy atom. The summed E-state index contributed by atoms with van der Waals surface area (Å²) in [5.74, 6) is -0.802. The number of unbranched alkanes of at least 4 members (excludes halogenated alkanes) is 24. The van der Waals surface area contributed by atoms with Crippen molar-refractivity contribution in [2.75, 3.05) is 19.8 Å². The van der Waals surface area contributed by atoms with Crippen LogP contribution in [0.4, 0.5) is 0 Å². The van der Waals surface area contributed by atoms with Gasteiger partial charge in [-0.15, -0.1) is 6.58 Å². The van der Waals surface area contributed by atoms with Crippen LogP contribution in [0, 0.1) is 0 Å². The second kappa shape index (κ2) is 34.0. The van der Waals surface area contributed by atoms with Crippen LogP contribution in [0.5, 0.6) is 0 Å². The summed E-state index contributed by atoms with van der Waals surface area (Å²) in [5.41, 5.74) is 0. The van der Waals surface area contributed by atoms with Gasteiger partial charge in [0.2, 0.25) is 0 Å². The van der Waals surface area contributed by atoms with Crippen molar-refractivity contribution in [1.29, 1.82) is 0 Å². The van der Waals surface area contributed by atoms with Gasteiger partial charge in [0.25, 0.3) is 0 Å². The topological polar surface area (TPSA) is 152 Å². The minimum atomic E-state index is -1.59. The van der Waals surface area contributed by atoms with Crippen molar-refractivity contribution >= 4 is 11.9 Å². The number of ether oxygens (including phenoxy) is 4. The molecule has 1 saturated heterocycles. The molecule has 1 aliphatic heterocycles. The summed E-state index contributed by atoms with van der Waals surface area (Å²) in [6.07, 6.45) is 25.4. The maximum atomic E-state index is 12.7. The Labute approximate surface area is 316 Å². The molecular weight excluding hydrogens is 664 g/mol. The lowest BCUT2D eigenvalue weighted by molar-refractivity contribution is -0.305. The first-order valence-electron chi connectivity index (χ1n) is 21.2. The number of hydrogen-bond donors (Lipinski definition) is 4. The number of carbonyl (C=O) groups is 2. The quantitative estimate of drug-likeness (QED) is 0.0280. The number of rotatable bonds is 36. The molecule has 0 radical (unpaired) electrons. The molecular formula is C42H78O10. The number of aliphatic hydroxyl groups excluding tert-OH is 4. The molecule has 0 aromatic carbocycles. The van der Waals surface area contributed by atoms with E-state index in [-0.39, 0.29) is 32.0 Å². The first-order chi connectivity index (χ1) is 25.3. The van der Waals surface area contributed by atoms with Gasteiger partial charge in [-0.05, 0) is 25.7 Å². The highest BCUT2D eigenvalue weighted by molar-refractivity contribution is 5.70. The summed E-state index contributed by atoms with van der Waals surface area (Å²) in [6.45, 7) is 4.94. The Balaban J connectivity index is 2.33. The maximum Gasteiger partial charge on any atom is 0.306 e. The van der Waals surface area contributed by atoms with Crippen molar-refractivity contribution in [2.45, 2.75) is 224 Å². The first kappa shape index (κ1) is 48.5. The van der Waals surface area contributed by atoms with Crippen molar-refractivity contribution in [3.63, 3.8) is 0 Å². The summed E-state index contributed by atoms with van der Waals surface area (Å²) in [5, 5.41) is 40.0. The lowest BCUT2D eigenvalue weighted by Crippen LogP contribution is -2.59. The van der Waals surface area contributed by atoms with Crippen LogP contribution in [0.2, 0.25) is 0 Å². The molecule has 0 amide bonds. The average molecular weight is 743 g/mol. The predicted octanol–water partition coefficient (Wildman–Crippen LogP) is 8.39. The van der Waals surface area contributed by atoms with Crippen LogP contribution < -0.4 is 0 Å². The molecule has 0 aliphatic carbocycles. The molecule has 0 aromatic rings. The van der Waals surface area contributed by atoms with E-state index in [1.807, 2.05) is 6.08 Å². The second-order valence-electron chi connectivity index (χ2n) is 14.9. The normalized spacial score (nSPS) is 20.8. The lowest BCUT2D eigenvalue weighted by Gasteiger charge is -2.39. The molecule has 10 nitrogen and oxygen atoms in total. The van der Waals surface area contributed by atoms with E-state index < -0.39 is 49.4 Å².